The first-order chi connectivity index (χ1) is 11.6. The minimum absolute atomic E-state index is 0.256. The Bertz CT molecular complexity index is 707. The van der Waals surface area contributed by atoms with Crippen LogP contribution in [0.15, 0.2) is 60.7 Å². The number of para-hydroxylation sites is 1. The Balaban J connectivity index is 1.62. The highest BCUT2D eigenvalue weighted by atomic mass is 16.5. The van der Waals surface area contributed by atoms with Gasteiger partial charge in [-0.15, -0.1) is 0 Å². The summed E-state index contributed by atoms with van der Waals surface area (Å²) in [5.74, 6) is 0.829. The maximum absolute atomic E-state index is 10.8. The molecule has 0 saturated carbocycles. The third-order valence-corrected chi connectivity index (χ3v) is 4.63. The monoisotopic (exact) mass is 323 g/mol. The second kappa shape index (κ2) is 7.20. The van der Waals surface area contributed by atoms with Gasteiger partial charge in [0.1, 0.15) is 18.1 Å². The maximum Gasteiger partial charge on any atom is 0.150 e. The normalized spacial score (nSPS) is 17.9. The lowest BCUT2D eigenvalue weighted by Crippen LogP contribution is -2.52. The van der Waals surface area contributed by atoms with Crippen LogP contribution in [0.1, 0.15) is 24.5 Å². The van der Waals surface area contributed by atoms with Crippen molar-refractivity contribution >= 4 is 5.57 Å². The predicted molar refractivity (Wildman–Crippen MR) is 97.9 cm³/mol. The van der Waals surface area contributed by atoms with Gasteiger partial charge < -0.3 is 9.84 Å². The molecule has 1 N–H and O–H groups in total. The van der Waals surface area contributed by atoms with Crippen molar-refractivity contribution in [3.63, 3.8) is 0 Å². The second-order valence-corrected chi connectivity index (χ2v) is 6.56. The minimum atomic E-state index is -0.985. The molecule has 3 rings (SSSR count). The molecule has 1 aliphatic heterocycles. The molecule has 126 valence electrons. The SMILES string of the molecule is Cc1ccccc1OCC(C)(O)N1CC=C(c2ccccc2)CC1. The second-order valence-electron chi connectivity index (χ2n) is 6.56. The van der Waals surface area contributed by atoms with Crippen LogP contribution in [0.5, 0.6) is 5.75 Å². The molecule has 24 heavy (non-hydrogen) atoms. The van der Waals surface area contributed by atoms with E-state index in [1.165, 1.54) is 11.1 Å². The number of aliphatic hydroxyl groups is 1. The van der Waals surface area contributed by atoms with Crippen molar-refractivity contribution in [1.82, 2.24) is 4.90 Å². The van der Waals surface area contributed by atoms with Gasteiger partial charge in [0.15, 0.2) is 0 Å². The number of rotatable bonds is 5. The zero-order valence-corrected chi connectivity index (χ0v) is 14.4. The number of hydrogen-bond acceptors (Lipinski definition) is 3. The average Bonchev–Trinajstić information content (AvgIpc) is 2.62. The first-order valence-electron chi connectivity index (χ1n) is 8.46. The van der Waals surface area contributed by atoms with Gasteiger partial charge in [0.25, 0.3) is 0 Å². The van der Waals surface area contributed by atoms with E-state index in [1.807, 2.05) is 44.2 Å². The number of ether oxygens (including phenoxy) is 1. The Hall–Kier alpha value is -2.10. The van der Waals surface area contributed by atoms with Gasteiger partial charge in [-0.3, -0.25) is 4.90 Å². The number of aryl methyl sites for hydroxylation is 1. The molecule has 0 amide bonds. The van der Waals surface area contributed by atoms with Crippen molar-refractivity contribution in [2.24, 2.45) is 0 Å². The zero-order valence-electron chi connectivity index (χ0n) is 14.4. The van der Waals surface area contributed by atoms with Gasteiger partial charge >= 0.3 is 0 Å². The van der Waals surface area contributed by atoms with Crippen LogP contribution < -0.4 is 4.74 Å². The number of benzene rings is 2. The largest absolute Gasteiger partial charge is 0.489 e. The van der Waals surface area contributed by atoms with Crippen molar-refractivity contribution in [2.45, 2.75) is 26.0 Å². The molecule has 1 aliphatic rings. The first kappa shape index (κ1) is 16.7. The van der Waals surface area contributed by atoms with Crippen LogP contribution in [0.2, 0.25) is 0 Å². The van der Waals surface area contributed by atoms with Crippen LogP contribution >= 0.6 is 0 Å². The summed E-state index contributed by atoms with van der Waals surface area (Å²) < 4.78 is 5.85. The molecular formula is C21H25NO2. The van der Waals surface area contributed by atoms with E-state index in [1.54, 1.807) is 0 Å². The van der Waals surface area contributed by atoms with E-state index in [0.29, 0.717) is 0 Å². The van der Waals surface area contributed by atoms with Crippen molar-refractivity contribution < 1.29 is 9.84 Å². The van der Waals surface area contributed by atoms with Crippen molar-refractivity contribution in [3.8, 4) is 5.75 Å². The van der Waals surface area contributed by atoms with Crippen molar-refractivity contribution in [2.75, 3.05) is 19.7 Å². The number of nitrogens with zero attached hydrogens (tertiary/aromatic N) is 1. The fourth-order valence-corrected chi connectivity index (χ4v) is 3.05. The molecule has 0 saturated heterocycles. The highest BCUT2D eigenvalue weighted by molar-refractivity contribution is 5.66. The predicted octanol–water partition coefficient (Wildman–Crippen LogP) is 3.87. The Kier molecular flexibility index (Phi) is 5.03. The Morgan fingerprint density at radius 1 is 1.08 bits per heavy atom. The number of hydrogen-bond donors (Lipinski definition) is 1. The van der Waals surface area contributed by atoms with Gasteiger partial charge in [-0.25, -0.2) is 0 Å². The van der Waals surface area contributed by atoms with E-state index in [-0.39, 0.29) is 6.61 Å². The summed E-state index contributed by atoms with van der Waals surface area (Å²) in [5.41, 5.74) is 2.72. The third-order valence-electron chi connectivity index (χ3n) is 4.63. The van der Waals surface area contributed by atoms with Crippen molar-refractivity contribution in [1.29, 1.82) is 0 Å². The highest BCUT2D eigenvalue weighted by Gasteiger charge is 2.31. The fraction of sp³-hybridized carbons (Fsp3) is 0.333. The van der Waals surface area contributed by atoms with Gasteiger partial charge in [0, 0.05) is 13.1 Å². The summed E-state index contributed by atoms with van der Waals surface area (Å²) >= 11 is 0. The average molecular weight is 323 g/mol. The van der Waals surface area contributed by atoms with Crippen LogP contribution in [0.4, 0.5) is 0 Å². The molecular weight excluding hydrogens is 298 g/mol. The van der Waals surface area contributed by atoms with E-state index in [4.69, 9.17) is 4.74 Å². The van der Waals surface area contributed by atoms with E-state index in [9.17, 15) is 5.11 Å². The summed E-state index contributed by atoms with van der Waals surface area (Å²) in [7, 11) is 0. The van der Waals surface area contributed by atoms with Crippen LogP contribution in [0, 0.1) is 6.92 Å². The molecule has 0 radical (unpaired) electrons. The highest BCUT2D eigenvalue weighted by Crippen LogP contribution is 2.26. The standard InChI is InChI=1S/C21H25NO2/c1-17-8-6-7-11-20(17)24-16-21(2,23)22-14-12-19(13-15-22)18-9-4-3-5-10-18/h3-12,23H,13-16H2,1-2H3. The van der Waals surface area contributed by atoms with Gasteiger partial charge in [0.05, 0.1) is 0 Å². The molecule has 1 heterocycles. The summed E-state index contributed by atoms with van der Waals surface area (Å²) in [6.07, 6.45) is 3.14. The quantitative estimate of drug-likeness (QED) is 0.906. The smallest absolute Gasteiger partial charge is 0.150 e. The van der Waals surface area contributed by atoms with Crippen LogP contribution in [0.3, 0.4) is 0 Å². The molecule has 0 fully saturated rings. The van der Waals surface area contributed by atoms with Crippen LogP contribution in [-0.4, -0.2) is 35.4 Å². The molecule has 0 aromatic heterocycles. The first-order valence-corrected chi connectivity index (χ1v) is 8.46. The third kappa shape index (κ3) is 3.86. The van der Waals surface area contributed by atoms with Crippen LogP contribution in [-0.2, 0) is 0 Å². The topological polar surface area (TPSA) is 32.7 Å². The van der Waals surface area contributed by atoms with E-state index in [2.05, 4.69) is 35.2 Å². The summed E-state index contributed by atoms with van der Waals surface area (Å²) in [5, 5.41) is 10.8. The van der Waals surface area contributed by atoms with Gasteiger partial charge in [-0.2, -0.15) is 0 Å². The van der Waals surface area contributed by atoms with E-state index in [0.717, 1.165) is 30.8 Å². The lowest BCUT2D eigenvalue weighted by molar-refractivity contribution is -0.114. The summed E-state index contributed by atoms with van der Waals surface area (Å²) in [6, 6.07) is 18.3. The Labute approximate surface area is 144 Å². The summed E-state index contributed by atoms with van der Waals surface area (Å²) in [4.78, 5) is 2.07. The molecule has 2 aromatic carbocycles. The molecule has 2 aromatic rings. The van der Waals surface area contributed by atoms with Gasteiger partial charge in [0.2, 0.25) is 0 Å². The zero-order chi connectivity index (χ0) is 17.0. The molecule has 3 heteroatoms. The minimum Gasteiger partial charge on any atom is -0.489 e. The Morgan fingerprint density at radius 3 is 2.46 bits per heavy atom. The molecule has 3 nitrogen and oxygen atoms in total. The molecule has 1 atom stereocenters. The van der Waals surface area contributed by atoms with Gasteiger partial charge in [-0.1, -0.05) is 54.6 Å². The molecule has 0 spiro atoms. The van der Waals surface area contributed by atoms with Crippen molar-refractivity contribution in [3.05, 3.63) is 71.8 Å². The van der Waals surface area contributed by atoms with E-state index >= 15 is 0 Å². The fourth-order valence-electron chi connectivity index (χ4n) is 3.05. The lowest BCUT2D eigenvalue weighted by Gasteiger charge is -2.38. The molecule has 0 bridgehead atoms. The van der Waals surface area contributed by atoms with E-state index < -0.39 is 5.72 Å². The lowest BCUT2D eigenvalue weighted by atomic mass is 9.98. The van der Waals surface area contributed by atoms with Crippen LogP contribution in [0.25, 0.3) is 5.57 Å². The van der Waals surface area contributed by atoms with Gasteiger partial charge in [-0.05, 0) is 43.0 Å². The summed E-state index contributed by atoms with van der Waals surface area (Å²) in [6.45, 7) is 5.65. The maximum atomic E-state index is 10.8. The molecule has 0 aliphatic carbocycles. The Morgan fingerprint density at radius 2 is 1.79 bits per heavy atom. The molecule has 1 unspecified atom stereocenters.